The first-order chi connectivity index (χ1) is 9.88. The molecule has 5 heteroatoms. The fraction of sp³-hybridized carbons (Fsp3) is 0.625. The Balaban J connectivity index is 1.95. The highest BCUT2D eigenvalue weighted by molar-refractivity contribution is 7.88. The average Bonchev–Trinajstić information content (AvgIpc) is 2.47. The lowest BCUT2D eigenvalue weighted by Crippen LogP contribution is -2.39. The molecule has 0 bridgehead atoms. The van der Waals surface area contributed by atoms with E-state index in [0.29, 0.717) is 19.0 Å². The van der Waals surface area contributed by atoms with E-state index in [2.05, 4.69) is 0 Å². The number of aliphatic hydroxyl groups excluding tert-OH is 1. The predicted molar refractivity (Wildman–Crippen MR) is 84.3 cm³/mol. The number of sulfonamides is 1. The van der Waals surface area contributed by atoms with Crippen LogP contribution in [-0.4, -0.2) is 37.2 Å². The smallest absolute Gasteiger partial charge is 0.211 e. The van der Waals surface area contributed by atoms with Crippen LogP contribution >= 0.6 is 0 Å². The van der Waals surface area contributed by atoms with E-state index in [9.17, 15) is 13.5 Å². The molecule has 4 nitrogen and oxygen atoms in total. The standard InChI is InChI=1S/C16H25NO3S/c1-13(16(18)15-8-4-3-5-9-15)11-14-7-6-10-17(12-14)21(2,19)20/h3-5,8-9,13-14,16,18H,6-7,10-12H2,1-2H3. The van der Waals surface area contributed by atoms with Crippen molar-refractivity contribution in [1.29, 1.82) is 0 Å². The number of hydrogen-bond donors (Lipinski definition) is 1. The highest BCUT2D eigenvalue weighted by Gasteiger charge is 2.28. The summed E-state index contributed by atoms with van der Waals surface area (Å²) in [5.41, 5.74) is 0.931. The summed E-state index contributed by atoms with van der Waals surface area (Å²) in [5, 5.41) is 10.4. The second kappa shape index (κ2) is 6.90. The zero-order valence-corrected chi connectivity index (χ0v) is 13.6. The largest absolute Gasteiger partial charge is 0.388 e. The Bertz CT molecular complexity index is 544. The summed E-state index contributed by atoms with van der Waals surface area (Å²) >= 11 is 0. The first-order valence-corrected chi connectivity index (χ1v) is 9.41. The molecule has 0 spiro atoms. The fourth-order valence-corrected chi connectivity index (χ4v) is 4.10. The first kappa shape index (κ1) is 16.5. The molecule has 0 aromatic heterocycles. The van der Waals surface area contributed by atoms with Gasteiger partial charge in [0.05, 0.1) is 12.4 Å². The summed E-state index contributed by atoms with van der Waals surface area (Å²) in [4.78, 5) is 0. The summed E-state index contributed by atoms with van der Waals surface area (Å²) in [6.45, 7) is 3.26. The van der Waals surface area contributed by atoms with Gasteiger partial charge in [-0.1, -0.05) is 37.3 Å². The molecule has 3 atom stereocenters. The van der Waals surface area contributed by atoms with Gasteiger partial charge in [0, 0.05) is 13.1 Å². The number of hydrogen-bond acceptors (Lipinski definition) is 3. The van der Waals surface area contributed by atoms with Crippen LogP contribution in [-0.2, 0) is 10.0 Å². The maximum atomic E-state index is 11.6. The van der Waals surface area contributed by atoms with Crippen molar-refractivity contribution in [3.8, 4) is 0 Å². The lowest BCUT2D eigenvalue weighted by molar-refractivity contribution is 0.0933. The molecule has 0 saturated carbocycles. The van der Waals surface area contributed by atoms with E-state index >= 15 is 0 Å². The van der Waals surface area contributed by atoms with E-state index in [0.717, 1.165) is 24.8 Å². The summed E-state index contributed by atoms with van der Waals surface area (Å²) in [6, 6.07) is 9.66. The highest BCUT2D eigenvalue weighted by Crippen LogP contribution is 2.31. The molecule has 1 aliphatic rings. The average molecular weight is 311 g/mol. The Labute approximate surface area is 127 Å². The van der Waals surface area contributed by atoms with Crippen LogP contribution in [0.2, 0.25) is 0 Å². The number of piperidine rings is 1. The van der Waals surface area contributed by atoms with Crippen molar-refractivity contribution in [2.45, 2.75) is 32.3 Å². The number of aliphatic hydroxyl groups is 1. The monoisotopic (exact) mass is 311 g/mol. The second-order valence-electron chi connectivity index (χ2n) is 6.20. The zero-order valence-electron chi connectivity index (χ0n) is 12.8. The third-order valence-electron chi connectivity index (χ3n) is 4.34. The Kier molecular flexibility index (Phi) is 5.41. The second-order valence-corrected chi connectivity index (χ2v) is 8.18. The van der Waals surface area contributed by atoms with Gasteiger partial charge in [-0.2, -0.15) is 0 Å². The normalized spacial score (nSPS) is 23.7. The molecule has 3 unspecified atom stereocenters. The predicted octanol–water partition coefficient (Wildman–Crippen LogP) is 2.42. The topological polar surface area (TPSA) is 57.6 Å². The molecular weight excluding hydrogens is 286 g/mol. The maximum Gasteiger partial charge on any atom is 0.211 e. The minimum Gasteiger partial charge on any atom is -0.388 e. The SMILES string of the molecule is CC(CC1CCCN(S(C)(=O)=O)C1)C(O)c1ccccc1. The molecule has 1 aromatic rings. The Morgan fingerprint density at radius 3 is 2.62 bits per heavy atom. The van der Waals surface area contributed by atoms with Crippen molar-refractivity contribution in [2.75, 3.05) is 19.3 Å². The van der Waals surface area contributed by atoms with Crippen LogP contribution in [0.25, 0.3) is 0 Å². The molecule has 1 aromatic carbocycles. The fourth-order valence-electron chi connectivity index (χ4n) is 3.15. The van der Waals surface area contributed by atoms with Crippen LogP contribution in [0.3, 0.4) is 0 Å². The third-order valence-corrected chi connectivity index (χ3v) is 5.61. The molecule has 1 N–H and O–H groups in total. The number of benzene rings is 1. The van der Waals surface area contributed by atoms with Crippen LogP contribution in [0.15, 0.2) is 30.3 Å². The summed E-state index contributed by atoms with van der Waals surface area (Å²) < 4.78 is 24.9. The van der Waals surface area contributed by atoms with Gasteiger partial charge in [0.1, 0.15) is 0 Å². The van der Waals surface area contributed by atoms with Crippen molar-refractivity contribution in [1.82, 2.24) is 4.31 Å². The van der Waals surface area contributed by atoms with E-state index in [1.807, 2.05) is 37.3 Å². The van der Waals surface area contributed by atoms with Gasteiger partial charge < -0.3 is 5.11 Å². The summed E-state index contributed by atoms with van der Waals surface area (Å²) in [5.74, 6) is 0.457. The minimum absolute atomic E-state index is 0.122. The minimum atomic E-state index is -3.10. The van der Waals surface area contributed by atoms with Gasteiger partial charge in [-0.15, -0.1) is 0 Å². The first-order valence-electron chi connectivity index (χ1n) is 7.56. The number of nitrogens with zero attached hydrogens (tertiary/aromatic N) is 1. The summed E-state index contributed by atoms with van der Waals surface area (Å²) in [7, 11) is -3.10. The lowest BCUT2D eigenvalue weighted by Gasteiger charge is -2.33. The van der Waals surface area contributed by atoms with Gasteiger partial charge in [0.2, 0.25) is 10.0 Å². The molecular formula is C16H25NO3S. The van der Waals surface area contributed by atoms with Crippen molar-refractivity contribution in [3.63, 3.8) is 0 Å². The van der Waals surface area contributed by atoms with Crippen molar-refractivity contribution in [2.24, 2.45) is 11.8 Å². The molecule has 1 saturated heterocycles. The zero-order chi connectivity index (χ0) is 15.5. The molecule has 0 aliphatic carbocycles. The quantitative estimate of drug-likeness (QED) is 0.908. The van der Waals surface area contributed by atoms with Crippen LogP contribution in [0.5, 0.6) is 0 Å². The van der Waals surface area contributed by atoms with E-state index in [1.54, 1.807) is 4.31 Å². The molecule has 2 rings (SSSR count). The van der Waals surface area contributed by atoms with E-state index in [1.165, 1.54) is 6.26 Å². The summed E-state index contributed by atoms with van der Waals surface area (Å²) in [6.07, 6.45) is 3.59. The molecule has 0 amide bonds. The molecule has 118 valence electrons. The van der Waals surface area contributed by atoms with E-state index in [4.69, 9.17) is 0 Å². The van der Waals surface area contributed by atoms with Gasteiger partial charge in [-0.25, -0.2) is 12.7 Å². The maximum absolute atomic E-state index is 11.6. The Morgan fingerprint density at radius 1 is 1.33 bits per heavy atom. The van der Waals surface area contributed by atoms with Crippen LogP contribution in [0.1, 0.15) is 37.9 Å². The van der Waals surface area contributed by atoms with Gasteiger partial charge in [0.15, 0.2) is 0 Å². The third kappa shape index (κ3) is 4.53. The Morgan fingerprint density at radius 2 is 2.00 bits per heavy atom. The van der Waals surface area contributed by atoms with Crippen molar-refractivity contribution in [3.05, 3.63) is 35.9 Å². The number of rotatable bonds is 5. The van der Waals surface area contributed by atoms with Crippen LogP contribution in [0.4, 0.5) is 0 Å². The molecule has 1 fully saturated rings. The van der Waals surface area contributed by atoms with Crippen LogP contribution in [0, 0.1) is 11.8 Å². The highest BCUT2D eigenvalue weighted by atomic mass is 32.2. The van der Waals surface area contributed by atoms with Gasteiger partial charge in [-0.3, -0.25) is 0 Å². The van der Waals surface area contributed by atoms with Gasteiger partial charge >= 0.3 is 0 Å². The van der Waals surface area contributed by atoms with Crippen molar-refractivity contribution < 1.29 is 13.5 Å². The molecule has 21 heavy (non-hydrogen) atoms. The Hall–Kier alpha value is -0.910. The lowest BCUT2D eigenvalue weighted by atomic mass is 9.85. The van der Waals surface area contributed by atoms with Crippen molar-refractivity contribution >= 4 is 10.0 Å². The van der Waals surface area contributed by atoms with Gasteiger partial charge in [0.25, 0.3) is 0 Å². The van der Waals surface area contributed by atoms with E-state index in [-0.39, 0.29) is 5.92 Å². The molecule has 1 heterocycles. The molecule has 0 radical (unpaired) electrons. The van der Waals surface area contributed by atoms with Gasteiger partial charge in [-0.05, 0) is 36.7 Å². The van der Waals surface area contributed by atoms with Crippen LogP contribution < -0.4 is 0 Å². The van der Waals surface area contributed by atoms with E-state index < -0.39 is 16.1 Å². The molecule has 1 aliphatic heterocycles.